The van der Waals surface area contributed by atoms with E-state index >= 15 is 0 Å². The van der Waals surface area contributed by atoms with Crippen molar-refractivity contribution in [1.82, 2.24) is 30.4 Å². The predicted octanol–water partition coefficient (Wildman–Crippen LogP) is 2.83. The fourth-order valence-electron chi connectivity index (χ4n) is 3.00. The van der Waals surface area contributed by atoms with Crippen molar-refractivity contribution in [2.75, 3.05) is 24.5 Å². The Morgan fingerprint density at radius 2 is 2.17 bits per heavy atom. The summed E-state index contributed by atoms with van der Waals surface area (Å²) in [5.74, 6) is 1.72. The molecule has 1 unspecified atom stereocenters. The number of alkyl halides is 3. The normalized spacial score (nSPS) is 17.1. The van der Waals surface area contributed by atoms with Gasteiger partial charge < -0.3 is 20.1 Å². The first-order chi connectivity index (χ1) is 13.8. The van der Waals surface area contributed by atoms with Crippen LogP contribution in [-0.4, -0.2) is 51.4 Å². The summed E-state index contributed by atoms with van der Waals surface area (Å²) < 4.78 is 40.2. The molecule has 3 heterocycles. The minimum atomic E-state index is -4.47. The maximum atomic E-state index is 12.8. The van der Waals surface area contributed by atoms with Crippen molar-refractivity contribution >= 4 is 47.4 Å². The number of nitrogens with zero attached hydrogens (tertiary/aromatic N) is 6. The number of aliphatic imine (C=N–C) groups is 1. The van der Waals surface area contributed by atoms with E-state index in [-0.39, 0.29) is 35.0 Å². The van der Waals surface area contributed by atoms with Crippen molar-refractivity contribution in [2.24, 2.45) is 12.0 Å². The Morgan fingerprint density at radius 1 is 1.40 bits per heavy atom. The van der Waals surface area contributed by atoms with E-state index in [2.05, 4.69) is 30.8 Å². The van der Waals surface area contributed by atoms with Crippen molar-refractivity contribution in [3.05, 3.63) is 35.0 Å². The summed E-state index contributed by atoms with van der Waals surface area (Å²) in [5.41, 5.74) is -0.856. The summed E-state index contributed by atoms with van der Waals surface area (Å²) in [6, 6.07) is 0.962. The van der Waals surface area contributed by atoms with Crippen molar-refractivity contribution < 1.29 is 13.2 Å². The topological polar surface area (TPSA) is 83.3 Å². The summed E-state index contributed by atoms with van der Waals surface area (Å²) in [6.07, 6.45) is -1.27. The molecule has 8 nitrogen and oxygen atoms in total. The zero-order valence-corrected chi connectivity index (χ0v) is 19.5. The first-order valence-electron chi connectivity index (χ1n) is 9.13. The molecule has 3 rings (SSSR count). The number of hydrogen-bond donors (Lipinski definition) is 2. The van der Waals surface area contributed by atoms with Crippen LogP contribution in [0.25, 0.3) is 0 Å². The van der Waals surface area contributed by atoms with Gasteiger partial charge in [-0.15, -0.1) is 34.2 Å². The lowest BCUT2D eigenvalue weighted by Gasteiger charge is -2.21. The molecule has 2 aromatic heterocycles. The van der Waals surface area contributed by atoms with Crippen molar-refractivity contribution in [1.29, 1.82) is 0 Å². The lowest BCUT2D eigenvalue weighted by atomic mass is 10.2. The smallest absolute Gasteiger partial charge is 0.357 e. The largest absolute Gasteiger partial charge is 0.417 e. The maximum absolute atomic E-state index is 12.8. The highest BCUT2D eigenvalue weighted by molar-refractivity contribution is 14.0. The van der Waals surface area contributed by atoms with Crippen LogP contribution in [0.5, 0.6) is 0 Å². The number of rotatable bonds is 5. The van der Waals surface area contributed by atoms with Gasteiger partial charge in [0.05, 0.1) is 10.6 Å². The van der Waals surface area contributed by atoms with Crippen LogP contribution >= 0.6 is 35.6 Å². The predicted molar refractivity (Wildman–Crippen MR) is 119 cm³/mol. The molecule has 2 aromatic rings. The number of aromatic nitrogens is 4. The third-order valence-electron chi connectivity index (χ3n) is 4.51. The molecule has 0 aromatic carbocycles. The number of anilines is 1. The molecule has 0 saturated carbocycles. The summed E-state index contributed by atoms with van der Waals surface area (Å²) in [6.45, 7) is 4.19. The van der Waals surface area contributed by atoms with Gasteiger partial charge in [0.2, 0.25) is 0 Å². The van der Waals surface area contributed by atoms with Gasteiger partial charge in [-0.25, -0.2) is 9.98 Å². The molecule has 13 heteroatoms. The first kappa shape index (κ1) is 24.4. The molecular formula is C17H23ClF3IN8. The van der Waals surface area contributed by atoms with E-state index in [0.29, 0.717) is 38.0 Å². The Balaban J connectivity index is 0.00000320. The number of aryl methyl sites for hydroxylation is 1. The van der Waals surface area contributed by atoms with E-state index in [0.717, 1.165) is 24.5 Å². The van der Waals surface area contributed by atoms with Gasteiger partial charge in [-0.1, -0.05) is 11.6 Å². The maximum Gasteiger partial charge on any atom is 0.417 e. The molecule has 1 atom stereocenters. The van der Waals surface area contributed by atoms with E-state index in [9.17, 15) is 13.2 Å². The Hall–Kier alpha value is -1.83. The average molecular weight is 559 g/mol. The summed E-state index contributed by atoms with van der Waals surface area (Å²) in [4.78, 5) is 10.3. The van der Waals surface area contributed by atoms with Gasteiger partial charge in [-0.3, -0.25) is 0 Å². The van der Waals surface area contributed by atoms with Crippen LogP contribution in [-0.2, 0) is 19.8 Å². The average Bonchev–Trinajstić information content (AvgIpc) is 3.28. The molecule has 1 fully saturated rings. The third-order valence-corrected chi connectivity index (χ3v) is 4.78. The number of hydrogen-bond acceptors (Lipinski definition) is 5. The van der Waals surface area contributed by atoms with E-state index in [1.54, 1.807) is 10.9 Å². The molecule has 0 aliphatic carbocycles. The molecule has 1 aliphatic rings. The second-order valence-corrected chi connectivity index (χ2v) is 7.06. The van der Waals surface area contributed by atoms with Crippen LogP contribution in [0.2, 0.25) is 5.02 Å². The lowest BCUT2D eigenvalue weighted by molar-refractivity contribution is -0.137. The quantitative estimate of drug-likeness (QED) is 0.334. The SMILES string of the molecule is CCNC(=NCc1nncn1C)NC1CCN(c2ncc(C(F)(F)F)cc2Cl)C1.I. The van der Waals surface area contributed by atoms with Gasteiger partial charge in [0.1, 0.15) is 18.7 Å². The highest BCUT2D eigenvalue weighted by Gasteiger charge is 2.33. The van der Waals surface area contributed by atoms with Crippen molar-refractivity contribution in [3.8, 4) is 0 Å². The standard InChI is InChI=1S/C17H22ClF3N8.HI/c1-3-22-16(24-8-14-27-25-10-28(14)2)26-12-4-5-29(9-12)15-13(18)6-11(7-23-15)17(19,20)21;/h6-7,10,12H,3-5,8-9H2,1-2H3,(H2,22,24,26);1H. The van der Waals surface area contributed by atoms with Gasteiger partial charge in [-0.2, -0.15) is 13.2 Å². The minimum absolute atomic E-state index is 0. The van der Waals surface area contributed by atoms with Crippen molar-refractivity contribution in [3.63, 3.8) is 0 Å². The molecule has 1 aliphatic heterocycles. The Labute approximate surface area is 194 Å². The van der Waals surface area contributed by atoms with Crippen LogP contribution in [0.3, 0.4) is 0 Å². The second-order valence-electron chi connectivity index (χ2n) is 6.66. The van der Waals surface area contributed by atoms with Crippen LogP contribution in [0, 0.1) is 0 Å². The Morgan fingerprint density at radius 3 is 2.77 bits per heavy atom. The van der Waals surface area contributed by atoms with Crippen molar-refractivity contribution in [2.45, 2.75) is 32.1 Å². The Bertz CT molecular complexity index is 873. The highest BCUT2D eigenvalue weighted by atomic mass is 127. The van der Waals surface area contributed by atoms with Gasteiger partial charge >= 0.3 is 6.18 Å². The van der Waals surface area contributed by atoms with Crippen LogP contribution in [0.15, 0.2) is 23.6 Å². The zero-order valence-electron chi connectivity index (χ0n) is 16.4. The number of halogens is 5. The summed E-state index contributed by atoms with van der Waals surface area (Å²) >= 11 is 6.06. The van der Waals surface area contributed by atoms with Crippen LogP contribution in [0.1, 0.15) is 24.7 Å². The van der Waals surface area contributed by atoms with Gasteiger partial charge in [0, 0.05) is 38.9 Å². The lowest BCUT2D eigenvalue weighted by Crippen LogP contribution is -2.44. The Kier molecular flexibility index (Phi) is 8.52. The second kappa shape index (κ2) is 10.5. The third kappa shape index (κ3) is 6.09. The zero-order chi connectivity index (χ0) is 21.0. The summed E-state index contributed by atoms with van der Waals surface area (Å²) in [5, 5.41) is 14.3. The molecule has 30 heavy (non-hydrogen) atoms. The molecular weight excluding hydrogens is 536 g/mol. The fourth-order valence-corrected chi connectivity index (χ4v) is 3.29. The molecule has 1 saturated heterocycles. The number of guanidine groups is 1. The van der Waals surface area contributed by atoms with E-state index < -0.39 is 11.7 Å². The van der Waals surface area contributed by atoms with E-state index in [1.165, 1.54) is 0 Å². The number of pyridine rings is 1. The number of nitrogens with one attached hydrogen (secondary N) is 2. The highest BCUT2D eigenvalue weighted by Crippen LogP contribution is 2.34. The molecule has 0 bridgehead atoms. The molecule has 166 valence electrons. The van der Waals surface area contributed by atoms with Gasteiger partial charge in [0.25, 0.3) is 0 Å². The first-order valence-corrected chi connectivity index (χ1v) is 9.51. The fraction of sp³-hybridized carbons (Fsp3) is 0.529. The molecule has 0 spiro atoms. The van der Waals surface area contributed by atoms with Gasteiger partial charge in [0.15, 0.2) is 11.8 Å². The summed E-state index contributed by atoms with van der Waals surface area (Å²) in [7, 11) is 1.85. The molecule has 0 radical (unpaired) electrons. The monoisotopic (exact) mass is 558 g/mol. The van der Waals surface area contributed by atoms with Crippen LogP contribution in [0.4, 0.5) is 19.0 Å². The molecule has 2 N–H and O–H groups in total. The molecule has 0 amide bonds. The van der Waals surface area contributed by atoms with Gasteiger partial charge in [-0.05, 0) is 19.4 Å². The minimum Gasteiger partial charge on any atom is -0.357 e. The van der Waals surface area contributed by atoms with E-state index in [4.69, 9.17) is 11.6 Å². The van der Waals surface area contributed by atoms with E-state index in [1.807, 2.05) is 18.9 Å². The van der Waals surface area contributed by atoms with Crippen LogP contribution < -0.4 is 15.5 Å².